The number of halogens is 3. The summed E-state index contributed by atoms with van der Waals surface area (Å²) in [5.74, 6) is -1.05. The third kappa shape index (κ3) is 4.59. The van der Waals surface area contributed by atoms with Gasteiger partial charge in [-0.3, -0.25) is 0 Å². The lowest BCUT2D eigenvalue weighted by Gasteiger charge is -2.12. The molecule has 1 saturated carbocycles. The molecule has 0 saturated heterocycles. The number of nitrogens with zero attached hydrogens (tertiary/aromatic N) is 1. The number of hydrogen-bond donors (Lipinski definition) is 2. The third-order valence-corrected chi connectivity index (χ3v) is 3.01. The first-order chi connectivity index (χ1) is 9.88. The van der Waals surface area contributed by atoms with Crippen molar-refractivity contribution in [2.75, 3.05) is 25.1 Å². The number of aromatic carboxylic acids is 1. The predicted molar refractivity (Wildman–Crippen MR) is 68.2 cm³/mol. The second-order valence-electron chi connectivity index (χ2n) is 4.84. The Balaban J connectivity index is 1.98. The SMILES string of the molecule is O=C(O)c1ccc(C(F)(F)F)nc1NCCOCC1CC1. The van der Waals surface area contributed by atoms with E-state index in [0.29, 0.717) is 18.6 Å². The molecule has 1 heterocycles. The van der Waals surface area contributed by atoms with Crippen molar-refractivity contribution in [2.24, 2.45) is 5.92 Å². The first-order valence-corrected chi connectivity index (χ1v) is 6.51. The smallest absolute Gasteiger partial charge is 0.433 e. The summed E-state index contributed by atoms with van der Waals surface area (Å²) in [6.45, 7) is 1.11. The Morgan fingerprint density at radius 1 is 1.43 bits per heavy atom. The number of carbonyl (C=O) groups is 1. The molecule has 0 unspecified atom stereocenters. The van der Waals surface area contributed by atoms with Crippen molar-refractivity contribution in [1.82, 2.24) is 4.98 Å². The lowest BCUT2D eigenvalue weighted by molar-refractivity contribution is -0.141. The van der Waals surface area contributed by atoms with Crippen molar-refractivity contribution in [3.05, 3.63) is 23.4 Å². The second kappa shape index (κ2) is 6.30. The van der Waals surface area contributed by atoms with Crippen LogP contribution >= 0.6 is 0 Å². The fraction of sp³-hybridized carbons (Fsp3) is 0.538. The first kappa shape index (κ1) is 15.6. The monoisotopic (exact) mass is 304 g/mol. The van der Waals surface area contributed by atoms with Gasteiger partial charge in [0, 0.05) is 13.2 Å². The number of hydrogen-bond acceptors (Lipinski definition) is 4. The molecule has 0 atom stereocenters. The van der Waals surface area contributed by atoms with Gasteiger partial charge in [-0.15, -0.1) is 0 Å². The molecule has 1 aromatic rings. The summed E-state index contributed by atoms with van der Waals surface area (Å²) in [6.07, 6.45) is -2.33. The Kier molecular flexibility index (Phi) is 4.66. The van der Waals surface area contributed by atoms with E-state index in [1.54, 1.807) is 0 Å². The average Bonchev–Trinajstić information content (AvgIpc) is 3.21. The highest BCUT2D eigenvalue weighted by Gasteiger charge is 2.33. The minimum atomic E-state index is -4.62. The molecule has 2 rings (SSSR count). The van der Waals surface area contributed by atoms with Gasteiger partial charge >= 0.3 is 12.1 Å². The highest BCUT2D eigenvalue weighted by Crippen LogP contribution is 2.30. The molecule has 116 valence electrons. The van der Waals surface area contributed by atoms with Crippen LogP contribution in [0.3, 0.4) is 0 Å². The molecule has 1 aromatic heterocycles. The van der Waals surface area contributed by atoms with Crippen molar-refractivity contribution >= 4 is 11.8 Å². The fourth-order valence-corrected chi connectivity index (χ4v) is 1.70. The molecule has 0 aliphatic heterocycles. The number of alkyl halides is 3. The van der Waals surface area contributed by atoms with E-state index in [4.69, 9.17) is 9.84 Å². The normalized spacial score (nSPS) is 15.0. The van der Waals surface area contributed by atoms with Gasteiger partial charge in [-0.05, 0) is 30.9 Å². The summed E-state index contributed by atoms with van der Waals surface area (Å²) in [5.41, 5.74) is -1.43. The summed E-state index contributed by atoms with van der Waals surface area (Å²) in [7, 11) is 0. The number of rotatable bonds is 7. The summed E-state index contributed by atoms with van der Waals surface area (Å²) in [6, 6.07) is 1.55. The predicted octanol–water partition coefficient (Wildman–Crippen LogP) is 2.64. The van der Waals surface area contributed by atoms with E-state index in [1.807, 2.05) is 0 Å². The Bertz CT molecular complexity index is 516. The minimum Gasteiger partial charge on any atom is -0.478 e. The number of aromatic nitrogens is 1. The minimum absolute atomic E-state index is 0.196. The molecule has 8 heteroatoms. The van der Waals surface area contributed by atoms with E-state index in [9.17, 15) is 18.0 Å². The fourth-order valence-electron chi connectivity index (χ4n) is 1.70. The summed E-state index contributed by atoms with van der Waals surface area (Å²) in [4.78, 5) is 14.3. The summed E-state index contributed by atoms with van der Waals surface area (Å²) >= 11 is 0. The van der Waals surface area contributed by atoms with Gasteiger partial charge in [0.05, 0.1) is 6.61 Å². The van der Waals surface area contributed by atoms with E-state index in [2.05, 4.69) is 10.3 Å². The second-order valence-corrected chi connectivity index (χ2v) is 4.84. The lowest BCUT2D eigenvalue weighted by atomic mass is 10.2. The molecule has 0 bridgehead atoms. The van der Waals surface area contributed by atoms with Crippen LogP contribution in [0.1, 0.15) is 28.9 Å². The van der Waals surface area contributed by atoms with Crippen LogP contribution in [-0.2, 0) is 10.9 Å². The van der Waals surface area contributed by atoms with Gasteiger partial charge in [0.25, 0.3) is 0 Å². The number of pyridine rings is 1. The molecule has 2 N–H and O–H groups in total. The Morgan fingerprint density at radius 2 is 2.14 bits per heavy atom. The average molecular weight is 304 g/mol. The molecule has 21 heavy (non-hydrogen) atoms. The van der Waals surface area contributed by atoms with Gasteiger partial charge in [-0.2, -0.15) is 13.2 Å². The Labute approximate surface area is 119 Å². The van der Waals surface area contributed by atoms with E-state index in [1.165, 1.54) is 0 Å². The highest BCUT2D eigenvalue weighted by atomic mass is 19.4. The van der Waals surface area contributed by atoms with Crippen LogP contribution in [-0.4, -0.2) is 35.8 Å². The van der Waals surface area contributed by atoms with E-state index in [-0.39, 0.29) is 24.5 Å². The van der Waals surface area contributed by atoms with Crippen LogP contribution in [0, 0.1) is 5.92 Å². The number of anilines is 1. The van der Waals surface area contributed by atoms with Gasteiger partial charge in [0.15, 0.2) is 0 Å². The van der Waals surface area contributed by atoms with Crippen molar-refractivity contribution in [1.29, 1.82) is 0 Å². The summed E-state index contributed by atoms with van der Waals surface area (Å²) in [5, 5.41) is 11.5. The van der Waals surface area contributed by atoms with Gasteiger partial charge < -0.3 is 15.2 Å². The molecular formula is C13H15F3N2O3. The van der Waals surface area contributed by atoms with Crippen LogP contribution in [0.4, 0.5) is 19.0 Å². The largest absolute Gasteiger partial charge is 0.478 e. The molecule has 1 fully saturated rings. The van der Waals surface area contributed by atoms with E-state index in [0.717, 1.165) is 18.9 Å². The molecule has 0 amide bonds. The molecular weight excluding hydrogens is 289 g/mol. The molecule has 5 nitrogen and oxygen atoms in total. The number of nitrogens with one attached hydrogen (secondary N) is 1. The van der Waals surface area contributed by atoms with Crippen LogP contribution in [0.2, 0.25) is 0 Å². The van der Waals surface area contributed by atoms with Crippen LogP contribution in [0.5, 0.6) is 0 Å². The van der Waals surface area contributed by atoms with Crippen LogP contribution < -0.4 is 5.32 Å². The van der Waals surface area contributed by atoms with Gasteiger partial charge in [-0.1, -0.05) is 0 Å². The molecule has 0 spiro atoms. The zero-order chi connectivity index (χ0) is 15.5. The number of ether oxygens (including phenoxy) is 1. The van der Waals surface area contributed by atoms with Crippen molar-refractivity contribution in [3.63, 3.8) is 0 Å². The third-order valence-electron chi connectivity index (χ3n) is 3.01. The lowest BCUT2D eigenvalue weighted by Crippen LogP contribution is -2.17. The van der Waals surface area contributed by atoms with Crippen molar-refractivity contribution < 1.29 is 27.8 Å². The number of carboxylic acid groups (broad SMARTS) is 1. The maximum Gasteiger partial charge on any atom is 0.433 e. The highest BCUT2D eigenvalue weighted by molar-refractivity contribution is 5.93. The van der Waals surface area contributed by atoms with Gasteiger partial charge in [0.2, 0.25) is 0 Å². The maximum atomic E-state index is 12.6. The zero-order valence-electron chi connectivity index (χ0n) is 11.1. The van der Waals surface area contributed by atoms with E-state index < -0.39 is 17.8 Å². The van der Waals surface area contributed by atoms with Gasteiger partial charge in [0.1, 0.15) is 17.1 Å². The van der Waals surface area contributed by atoms with Crippen molar-refractivity contribution in [3.8, 4) is 0 Å². The Morgan fingerprint density at radius 3 is 2.71 bits per heavy atom. The molecule has 1 aliphatic rings. The molecule has 1 aliphatic carbocycles. The van der Waals surface area contributed by atoms with Crippen LogP contribution in [0.15, 0.2) is 12.1 Å². The van der Waals surface area contributed by atoms with Gasteiger partial charge in [-0.25, -0.2) is 9.78 Å². The summed E-state index contributed by atoms with van der Waals surface area (Å²) < 4.78 is 43.0. The Hall–Kier alpha value is -1.83. The van der Waals surface area contributed by atoms with Crippen LogP contribution in [0.25, 0.3) is 0 Å². The van der Waals surface area contributed by atoms with E-state index >= 15 is 0 Å². The quantitative estimate of drug-likeness (QED) is 0.758. The number of carboxylic acids is 1. The zero-order valence-corrected chi connectivity index (χ0v) is 11.1. The topological polar surface area (TPSA) is 71.5 Å². The molecule has 0 radical (unpaired) electrons. The van der Waals surface area contributed by atoms with Crippen molar-refractivity contribution in [2.45, 2.75) is 19.0 Å². The first-order valence-electron chi connectivity index (χ1n) is 6.51. The maximum absolute atomic E-state index is 12.6. The standard InChI is InChI=1S/C13H15F3N2O3/c14-13(15,16)10-4-3-9(12(19)20)11(18-10)17-5-6-21-7-8-1-2-8/h3-4,8H,1-2,5-7H2,(H,17,18)(H,19,20). The molecule has 0 aromatic carbocycles.